The van der Waals surface area contributed by atoms with Crippen LogP contribution in [0.25, 0.3) is 11.3 Å². The van der Waals surface area contributed by atoms with Crippen LogP contribution < -0.4 is 10.5 Å². The Kier molecular flexibility index (Phi) is 6.30. The Morgan fingerprint density at radius 3 is 2.60 bits per heavy atom. The molecule has 0 radical (unpaired) electrons. The molecular formula is C18H22ClF2N3O. The van der Waals surface area contributed by atoms with E-state index in [1.165, 1.54) is 18.5 Å². The molecule has 0 fully saturated rings. The van der Waals surface area contributed by atoms with Gasteiger partial charge in [-0.25, -0.2) is 13.8 Å². The zero-order valence-electron chi connectivity index (χ0n) is 14.5. The van der Waals surface area contributed by atoms with Crippen molar-refractivity contribution in [2.75, 3.05) is 6.61 Å². The van der Waals surface area contributed by atoms with Crippen molar-refractivity contribution in [3.63, 3.8) is 0 Å². The Bertz CT molecular complexity index is 723. The zero-order valence-corrected chi connectivity index (χ0v) is 15.2. The molecule has 0 saturated carbocycles. The van der Waals surface area contributed by atoms with Crippen molar-refractivity contribution in [2.45, 2.75) is 39.2 Å². The van der Waals surface area contributed by atoms with Crippen LogP contribution in [-0.4, -0.2) is 22.1 Å². The number of aromatic nitrogens is 2. The summed E-state index contributed by atoms with van der Waals surface area (Å²) >= 11 is 5.84. The lowest BCUT2D eigenvalue weighted by Crippen LogP contribution is -2.43. The van der Waals surface area contributed by atoms with E-state index in [1.807, 2.05) is 20.8 Å². The molecular weight excluding hydrogens is 348 g/mol. The van der Waals surface area contributed by atoms with Crippen LogP contribution in [0.15, 0.2) is 30.6 Å². The van der Waals surface area contributed by atoms with Gasteiger partial charge in [-0.3, -0.25) is 4.98 Å². The van der Waals surface area contributed by atoms with Crippen LogP contribution in [0.4, 0.5) is 8.78 Å². The van der Waals surface area contributed by atoms with E-state index in [9.17, 15) is 8.78 Å². The van der Waals surface area contributed by atoms with Crippen molar-refractivity contribution in [1.82, 2.24) is 9.97 Å². The van der Waals surface area contributed by atoms with Crippen LogP contribution in [0, 0.1) is 5.92 Å². The van der Waals surface area contributed by atoms with E-state index in [4.69, 9.17) is 22.1 Å². The summed E-state index contributed by atoms with van der Waals surface area (Å²) in [6.07, 6.45) is 0.829. The average Bonchev–Trinajstić information content (AvgIpc) is 2.51. The predicted molar refractivity (Wildman–Crippen MR) is 95.0 cm³/mol. The number of nitrogens with zero attached hydrogens (tertiary/aromatic N) is 2. The van der Waals surface area contributed by atoms with Crippen molar-refractivity contribution in [3.05, 3.63) is 41.3 Å². The summed E-state index contributed by atoms with van der Waals surface area (Å²) < 4.78 is 32.5. The monoisotopic (exact) mass is 369 g/mol. The number of alkyl halides is 2. The van der Waals surface area contributed by atoms with Crippen LogP contribution in [0.3, 0.4) is 0 Å². The second-order valence-corrected chi connectivity index (χ2v) is 7.20. The molecule has 0 amide bonds. The lowest BCUT2D eigenvalue weighted by atomic mass is 9.93. The van der Waals surface area contributed by atoms with Gasteiger partial charge in [0.1, 0.15) is 17.5 Å². The van der Waals surface area contributed by atoms with Crippen molar-refractivity contribution in [2.24, 2.45) is 11.7 Å². The quantitative estimate of drug-likeness (QED) is 0.707. The number of hydrogen-bond acceptors (Lipinski definition) is 4. The van der Waals surface area contributed by atoms with E-state index in [0.717, 1.165) is 6.42 Å². The molecule has 2 aromatic heterocycles. The van der Waals surface area contributed by atoms with E-state index in [0.29, 0.717) is 17.2 Å². The van der Waals surface area contributed by atoms with Gasteiger partial charge in [-0.2, -0.15) is 0 Å². The lowest BCUT2D eigenvalue weighted by molar-refractivity contribution is 0.139. The van der Waals surface area contributed by atoms with E-state index >= 15 is 0 Å². The number of ether oxygens (including phenoxy) is 1. The molecule has 0 aliphatic carbocycles. The molecule has 25 heavy (non-hydrogen) atoms. The van der Waals surface area contributed by atoms with Crippen LogP contribution in [-0.2, 0) is 0 Å². The number of rotatable bonds is 7. The number of hydrogen-bond donors (Lipinski definition) is 1. The van der Waals surface area contributed by atoms with Gasteiger partial charge in [0.25, 0.3) is 6.43 Å². The zero-order chi connectivity index (χ0) is 18.6. The maximum Gasteiger partial charge on any atom is 0.267 e. The Labute approximate surface area is 151 Å². The first-order valence-corrected chi connectivity index (χ1v) is 8.37. The Morgan fingerprint density at radius 1 is 1.28 bits per heavy atom. The van der Waals surface area contributed by atoms with E-state index < -0.39 is 12.0 Å². The molecule has 136 valence electrons. The van der Waals surface area contributed by atoms with Crippen LogP contribution in [0.2, 0.25) is 5.15 Å². The van der Waals surface area contributed by atoms with E-state index in [2.05, 4.69) is 9.97 Å². The fourth-order valence-corrected chi connectivity index (χ4v) is 2.88. The summed E-state index contributed by atoms with van der Waals surface area (Å²) in [5, 5.41) is 0.269. The van der Waals surface area contributed by atoms with Gasteiger partial charge in [0.05, 0.1) is 17.5 Å². The summed E-state index contributed by atoms with van der Waals surface area (Å²) in [6.45, 7) is 6.07. The van der Waals surface area contributed by atoms with Crippen molar-refractivity contribution in [1.29, 1.82) is 0 Å². The second-order valence-electron chi connectivity index (χ2n) is 6.82. The maximum absolute atomic E-state index is 13.5. The predicted octanol–water partition coefficient (Wildman–Crippen LogP) is 4.88. The molecule has 7 heteroatoms. The molecule has 0 aromatic carbocycles. The lowest BCUT2D eigenvalue weighted by Gasteiger charge is -2.27. The minimum Gasteiger partial charge on any atom is -0.490 e. The largest absolute Gasteiger partial charge is 0.490 e. The third kappa shape index (κ3) is 5.61. The summed E-state index contributed by atoms with van der Waals surface area (Å²) in [5.74, 6) is 0.421. The molecule has 2 N–H and O–H groups in total. The van der Waals surface area contributed by atoms with Crippen LogP contribution >= 0.6 is 11.6 Å². The second kappa shape index (κ2) is 8.06. The SMILES string of the molecule is CC(C)C[C@](C)(N)COc1cnc(-c2ccnc(Cl)c2)cc1C(F)F. The molecule has 1 atom stereocenters. The van der Waals surface area contributed by atoms with Gasteiger partial charge in [-0.05, 0) is 37.5 Å². The van der Waals surface area contributed by atoms with E-state index in [1.54, 1.807) is 12.1 Å². The molecule has 0 unspecified atom stereocenters. The molecule has 4 nitrogen and oxygen atoms in total. The third-order valence-corrected chi connectivity index (χ3v) is 3.79. The van der Waals surface area contributed by atoms with Gasteiger partial charge in [0.2, 0.25) is 0 Å². The molecule has 0 aliphatic rings. The molecule has 2 heterocycles. The fourth-order valence-electron chi connectivity index (χ4n) is 2.70. The molecule has 0 spiro atoms. The highest BCUT2D eigenvalue weighted by Gasteiger charge is 2.23. The van der Waals surface area contributed by atoms with Gasteiger partial charge in [0, 0.05) is 17.3 Å². The first-order chi connectivity index (χ1) is 11.7. The number of halogens is 3. The first kappa shape index (κ1) is 19.5. The maximum atomic E-state index is 13.5. The van der Waals surface area contributed by atoms with Gasteiger partial charge < -0.3 is 10.5 Å². The van der Waals surface area contributed by atoms with Crippen molar-refractivity contribution in [3.8, 4) is 17.0 Å². The Morgan fingerprint density at radius 2 is 2.00 bits per heavy atom. The molecule has 2 rings (SSSR count). The van der Waals surface area contributed by atoms with E-state index in [-0.39, 0.29) is 23.1 Å². The Balaban J connectivity index is 2.25. The van der Waals surface area contributed by atoms with Gasteiger partial charge in [-0.1, -0.05) is 25.4 Å². The number of nitrogens with two attached hydrogens (primary N) is 1. The summed E-state index contributed by atoms with van der Waals surface area (Å²) in [7, 11) is 0. The van der Waals surface area contributed by atoms with Crippen LogP contribution in [0.5, 0.6) is 5.75 Å². The minimum absolute atomic E-state index is 0.0411. The van der Waals surface area contributed by atoms with Crippen molar-refractivity contribution < 1.29 is 13.5 Å². The summed E-state index contributed by atoms with van der Waals surface area (Å²) in [5.41, 5.74) is 6.33. The third-order valence-electron chi connectivity index (χ3n) is 3.59. The minimum atomic E-state index is -2.69. The summed E-state index contributed by atoms with van der Waals surface area (Å²) in [4.78, 5) is 8.08. The molecule has 0 bridgehead atoms. The standard InChI is InChI=1S/C18H22ClF2N3O/c1-11(2)8-18(3,22)10-25-15-9-24-14(7-13(15)17(20)21)12-4-5-23-16(19)6-12/h4-7,9,11,17H,8,10,22H2,1-3H3/t18-/m0/s1. The topological polar surface area (TPSA) is 61.0 Å². The normalized spacial score (nSPS) is 14.0. The summed E-state index contributed by atoms with van der Waals surface area (Å²) in [6, 6.07) is 4.53. The van der Waals surface area contributed by atoms with Crippen LogP contribution in [0.1, 0.15) is 39.2 Å². The highest BCUT2D eigenvalue weighted by atomic mass is 35.5. The van der Waals surface area contributed by atoms with Crippen molar-refractivity contribution >= 4 is 11.6 Å². The van der Waals surface area contributed by atoms with Gasteiger partial charge in [-0.15, -0.1) is 0 Å². The Hall–Kier alpha value is -1.79. The van der Waals surface area contributed by atoms with Gasteiger partial charge >= 0.3 is 0 Å². The fraction of sp³-hybridized carbons (Fsp3) is 0.444. The average molecular weight is 370 g/mol. The molecule has 2 aromatic rings. The molecule has 0 aliphatic heterocycles. The highest BCUT2D eigenvalue weighted by molar-refractivity contribution is 6.29. The number of pyridine rings is 2. The smallest absolute Gasteiger partial charge is 0.267 e. The molecule has 0 saturated heterocycles. The highest BCUT2D eigenvalue weighted by Crippen LogP contribution is 2.32. The first-order valence-electron chi connectivity index (χ1n) is 7.99. The van der Waals surface area contributed by atoms with Gasteiger partial charge in [0.15, 0.2) is 0 Å².